The Balaban J connectivity index is 0.00000625. The van der Waals surface area contributed by atoms with Crippen LogP contribution in [0.25, 0.3) is 0 Å². The van der Waals surface area contributed by atoms with E-state index in [1.54, 1.807) is 0 Å². The molecule has 1 heterocycles. The summed E-state index contributed by atoms with van der Waals surface area (Å²) in [5.74, 6) is 0. The van der Waals surface area contributed by atoms with E-state index in [0.717, 1.165) is 32.7 Å². The van der Waals surface area contributed by atoms with E-state index in [-0.39, 0.29) is 17.4 Å². The summed E-state index contributed by atoms with van der Waals surface area (Å²) in [4.78, 5) is 13.4. The number of hydrogen-bond acceptors (Lipinski definition) is 6. The summed E-state index contributed by atoms with van der Waals surface area (Å²) in [7, 11) is -3.63. The monoisotopic (exact) mass is 416 g/mol. The Morgan fingerprint density at radius 3 is 1.69 bits per heavy atom. The molecule has 0 aromatic carbocycles. The van der Waals surface area contributed by atoms with Crippen molar-refractivity contribution in [1.29, 1.82) is 0 Å². The summed E-state index contributed by atoms with van der Waals surface area (Å²) in [6.07, 6.45) is 0. The van der Waals surface area contributed by atoms with E-state index in [1.165, 1.54) is 6.04 Å². The summed E-state index contributed by atoms with van der Waals surface area (Å²) < 4.78 is 0. The lowest BCUT2D eigenvalue weighted by Crippen LogP contribution is -2.61. The van der Waals surface area contributed by atoms with Crippen LogP contribution in [0, 0.1) is 0 Å². The van der Waals surface area contributed by atoms with Gasteiger partial charge in [-0.15, -0.1) is 0 Å². The molecule has 1 aliphatic rings. The Kier molecular flexibility index (Phi) is 12.7. The fourth-order valence-corrected chi connectivity index (χ4v) is 6.55. The first-order valence-electron chi connectivity index (χ1n) is 9.90. The van der Waals surface area contributed by atoms with Crippen molar-refractivity contribution >= 4 is 33.9 Å². The van der Waals surface area contributed by atoms with Crippen LogP contribution < -0.4 is 26.2 Å². The largest absolute Gasteiger partial charge is 0.419 e. The minimum absolute atomic E-state index is 0. The van der Waals surface area contributed by atoms with Gasteiger partial charge in [-0.1, -0.05) is 13.1 Å². The van der Waals surface area contributed by atoms with Gasteiger partial charge in [0.15, 0.2) is 0 Å². The molecule has 1 saturated heterocycles. The minimum Gasteiger partial charge on any atom is -0.419 e. The molecule has 6 N–H and O–H groups in total. The zero-order valence-corrected chi connectivity index (χ0v) is 21.2. The molecule has 4 atom stereocenters. The highest BCUT2D eigenvalue weighted by molar-refractivity contribution is 6.79. The van der Waals surface area contributed by atoms with Gasteiger partial charge < -0.3 is 31.0 Å². The van der Waals surface area contributed by atoms with Crippen molar-refractivity contribution in [3.05, 3.63) is 0 Å². The van der Waals surface area contributed by atoms with Gasteiger partial charge in [0.05, 0.1) is 8.07 Å². The van der Waals surface area contributed by atoms with Crippen LogP contribution in [-0.4, -0.2) is 95.2 Å². The van der Waals surface area contributed by atoms with E-state index >= 15 is 0 Å². The molecule has 0 amide bonds. The third-order valence-electron chi connectivity index (χ3n) is 5.16. The fraction of sp³-hybridized carbons (Fsp3) is 1.00. The highest BCUT2D eigenvalue weighted by atomic mass is 28.4. The highest BCUT2D eigenvalue weighted by Crippen LogP contribution is 2.14. The molecule has 9 heteroatoms. The summed E-state index contributed by atoms with van der Waals surface area (Å²) in [6, 6.07) is 2.60. The van der Waals surface area contributed by atoms with Crippen LogP contribution in [-0.2, 0) is 0 Å². The summed E-state index contributed by atoms with van der Waals surface area (Å²) >= 11 is 0. The molecule has 0 bridgehead atoms. The van der Waals surface area contributed by atoms with Crippen LogP contribution in [0.4, 0.5) is 0 Å². The Bertz CT molecular complexity index is 367. The van der Waals surface area contributed by atoms with Crippen LogP contribution >= 0.6 is 0 Å². The molecule has 0 aromatic rings. The molecule has 3 radical (unpaired) electrons. The van der Waals surface area contributed by atoms with Crippen molar-refractivity contribution in [3.8, 4) is 0 Å². The average molecular weight is 417 g/mol. The van der Waals surface area contributed by atoms with E-state index in [2.05, 4.69) is 60.1 Å². The maximum absolute atomic E-state index is 10.0. The van der Waals surface area contributed by atoms with Gasteiger partial charge in [-0.05, 0) is 46.5 Å². The maximum atomic E-state index is 10.0. The smallest absolute Gasteiger partial charge is 0.259 e. The summed E-state index contributed by atoms with van der Waals surface area (Å²) in [5.41, 5.74) is 0.529. The molecule has 1 aliphatic heterocycles. The van der Waals surface area contributed by atoms with Gasteiger partial charge in [-0.25, -0.2) is 0 Å². The zero-order chi connectivity index (χ0) is 19.1. The van der Waals surface area contributed by atoms with Crippen molar-refractivity contribution in [2.75, 3.05) is 32.7 Å². The molecule has 26 heavy (non-hydrogen) atoms. The normalized spacial score (nSPS) is 30.0. The van der Waals surface area contributed by atoms with E-state index in [4.69, 9.17) is 0 Å². The second-order valence-corrected chi connectivity index (χ2v) is 17.8. The van der Waals surface area contributed by atoms with Gasteiger partial charge in [-0.2, -0.15) is 0 Å². The fourth-order valence-electron chi connectivity index (χ4n) is 3.10. The Hall–Kier alpha value is 0.726. The SMILES string of the molecule is CC1CNC(C)CNC([Si](C)(C)CCN[Si](C)(C)O)CNC(C)CN1.[Al]. The van der Waals surface area contributed by atoms with Crippen molar-refractivity contribution in [3.63, 3.8) is 0 Å². The third-order valence-corrected chi connectivity index (χ3v) is 10.1. The molecule has 0 spiro atoms. The predicted octanol–water partition coefficient (Wildman–Crippen LogP) is 0.0430. The van der Waals surface area contributed by atoms with E-state index < -0.39 is 16.6 Å². The Labute approximate surface area is 174 Å². The van der Waals surface area contributed by atoms with Gasteiger partial charge in [-0.3, -0.25) is 0 Å². The first-order chi connectivity index (χ1) is 11.5. The van der Waals surface area contributed by atoms with Gasteiger partial charge in [0.25, 0.3) is 8.48 Å². The molecular weight excluding hydrogens is 373 g/mol. The van der Waals surface area contributed by atoms with Gasteiger partial charge in [0.1, 0.15) is 0 Å². The topological polar surface area (TPSA) is 80.4 Å². The maximum Gasteiger partial charge on any atom is 0.259 e. The van der Waals surface area contributed by atoms with Crippen molar-refractivity contribution in [1.82, 2.24) is 26.2 Å². The zero-order valence-electron chi connectivity index (χ0n) is 18.1. The standard InChI is InChI=1S/C17H43N5OSi2.Al/c1-14-10-19-16(3)12-21-17(13-20-15(2)11-18-14)24(4,5)9-8-22-25(6,7)23;/h14-23H,8-13H2,1-7H3;. The number of hydrogen-bond donors (Lipinski definition) is 6. The third kappa shape index (κ3) is 11.5. The van der Waals surface area contributed by atoms with Crippen molar-refractivity contribution in [2.24, 2.45) is 0 Å². The van der Waals surface area contributed by atoms with Crippen molar-refractivity contribution < 1.29 is 4.80 Å². The molecule has 0 aliphatic carbocycles. The highest BCUT2D eigenvalue weighted by Gasteiger charge is 2.32. The second kappa shape index (κ2) is 12.3. The predicted molar refractivity (Wildman–Crippen MR) is 120 cm³/mol. The molecule has 0 saturated carbocycles. The number of nitrogens with one attached hydrogen (secondary N) is 5. The van der Waals surface area contributed by atoms with Gasteiger partial charge in [0.2, 0.25) is 0 Å². The van der Waals surface area contributed by atoms with Crippen LogP contribution in [0.15, 0.2) is 0 Å². The summed E-state index contributed by atoms with van der Waals surface area (Å²) in [6.45, 7) is 20.5. The lowest BCUT2D eigenvalue weighted by atomic mass is 10.2. The molecule has 1 rings (SSSR count). The first-order valence-corrected chi connectivity index (χ1v) is 16.1. The molecule has 6 nitrogen and oxygen atoms in total. The lowest BCUT2D eigenvalue weighted by molar-refractivity contribution is 0.391. The Morgan fingerprint density at radius 1 is 0.808 bits per heavy atom. The van der Waals surface area contributed by atoms with Crippen molar-refractivity contribution in [2.45, 2.75) is 76.8 Å². The number of rotatable bonds is 5. The first kappa shape index (κ1) is 26.7. The molecule has 4 unspecified atom stereocenters. The van der Waals surface area contributed by atoms with Crippen LogP contribution in [0.3, 0.4) is 0 Å². The van der Waals surface area contributed by atoms with E-state index in [0.29, 0.717) is 23.8 Å². The van der Waals surface area contributed by atoms with Crippen LogP contribution in [0.2, 0.25) is 32.2 Å². The van der Waals surface area contributed by atoms with Crippen LogP contribution in [0.1, 0.15) is 20.8 Å². The molecular formula is C17H43AlN5OSi2. The lowest BCUT2D eigenvalue weighted by Gasteiger charge is -2.36. The van der Waals surface area contributed by atoms with Gasteiger partial charge in [0, 0.05) is 67.3 Å². The van der Waals surface area contributed by atoms with E-state index in [1.807, 2.05) is 13.1 Å². The van der Waals surface area contributed by atoms with E-state index in [9.17, 15) is 4.80 Å². The molecule has 1 fully saturated rings. The summed E-state index contributed by atoms with van der Waals surface area (Å²) in [5, 5.41) is 14.8. The average Bonchev–Trinajstić information content (AvgIpc) is 2.47. The quantitative estimate of drug-likeness (QED) is 0.355. The minimum atomic E-state index is -2.16. The Morgan fingerprint density at radius 2 is 1.23 bits per heavy atom. The molecule has 153 valence electrons. The van der Waals surface area contributed by atoms with Crippen LogP contribution in [0.5, 0.6) is 0 Å². The molecule has 0 aromatic heterocycles. The van der Waals surface area contributed by atoms with Gasteiger partial charge >= 0.3 is 0 Å². The second-order valence-electron chi connectivity index (χ2n) is 9.11.